The van der Waals surface area contributed by atoms with E-state index in [0.717, 1.165) is 29.2 Å². The zero-order valence-corrected chi connectivity index (χ0v) is 18.4. The van der Waals surface area contributed by atoms with Crippen LogP contribution in [-0.4, -0.2) is 46.8 Å². The lowest BCUT2D eigenvalue weighted by molar-refractivity contribution is -0.137. The van der Waals surface area contributed by atoms with Gasteiger partial charge in [-0.25, -0.2) is 4.68 Å². The molecule has 1 aliphatic heterocycles. The van der Waals surface area contributed by atoms with E-state index in [1.807, 2.05) is 30.9 Å². The summed E-state index contributed by atoms with van der Waals surface area (Å²) in [5, 5.41) is 5.03. The van der Waals surface area contributed by atoms with Gasteiger partial charge < -0.3 is 9.80 Å². The highest BCUT2D eigenvalue weighted by Gasteiger charge is 2.31. The summed E-state index contributed by atoms with van der Waals surface area (Å²) in [4.78, 5) is 16.5. The second-order valence-electron chi connectivity index (χ2n) is 7.77. The third-order valence-corrected chi connectivity index (χ3v) is 6.21. The molecule has 2 heterocycles. The lowest BCUT2D eigenvalue weighted by Crippen LogP contribution is -2.48. The number of aromatic nitrogens is 2. The molecule has 1 aliphatic rings. The Morgan fingerprint density at radius 3 is 2.19 bits per heavy atom. The van der Waals surface area contributed by atoms with Crippen LogP contribution in [0.4, 0.5) is 18.9 Å². The van der Waals surface area contributed by atoms with Gasteiger partial charge >= 0.3 is 6.18 Å². The molecule has 1 amide bonds. The molecule has 5 nitrogen and oxygen atoms in total. The number of carbonyl (C=O) groups excluding carboxylic acids is 1. The molecule has 4 rings (SSSR count). The van der Waals surface area contributed by atoms with Gasteiger partial charge in [0.1, 0.15) is 0 Å². The summed E-state index contributed by atoms with van der Waals surface area (Å²) in [6.45, 7) is 5.52. The monoisotopic (exact) mass is 462 g/mol. The predicted molar refractivity (Wildman–Crippen MR) is 118 cm³/mol. The van der Waals surface area contributed by atoms with Crippen LogP contribution in [0.1, 0.15) is 27.3 Å². The van der Waals surface area contributed by atoms with Gasteiger partial charge in [-0.15, -0.1) is 0 Å². The lowest BCUT2D eigenvalue weighted by atomic mass is 10.1. The van der Waals surface area contributed by atoms with Crippen LogP contribution < -0.4 is 4.90 Å². The summed E-state index contributed by atoms with van der Waals surface area (Å²) in [7, 11) is 0. The van der Waals surface area contributed by atoms with Crippen molar-refractivity contribution >= 4 is 23.2 Å². The van der Waals surface area contributed by atoms with Crippen molar-refractivity contribution in [1.82, 2.24) is 14.7 Å². The van der Waals surface area contributed by atoms with E-state index in [0.29, 0.717) is 42.5 Å². The van der Waals surface area contributed by atoms with Gasteiger partial charge in [0.05, 0.1) is 27.7 Å². The van der Waals surface area contributed by atoms with Gasteiger partial charge in [-0.1, -0.05) is 17.7 Å². The van der Waals surface area contributed by atoms with Crippen LogP contribution in [0.15, 0.2) is 48.5 Å². The average Bonchev–Trinajstić information content (AvgIpc) is 3.05. The molecule has 168 valence electrons. The summed E-state index contributed by atoms with van der Waals surface area (Å²) >= 11 is 6.21. The molecule has 0 atom stereocenters. The fraction of sp³-hybridized carbons (Fsp3) is 0.304. The molecule has 0 spiro atoms. The zero-order chi connectivity index (χ0) is 23.0. The molecule has 32 heavy (non-hydrogen) atoms. The number of rotatable bonds is 3. The van der Waals surface area contributed by atoms with Crippen LogP contribution in [0.3, 0.4) is 0 Å². The number of alkyl halides is 3. The van der Waals surface area contributed by atoms with E-state index in [4.69, 9.17) is 11.6 Å². The predicted octanol–water partition coefficient (Wildman–Crippen LogP) is 5.12. The largest absolute Gasteiger partial charge is 0.416 e. The number of halogens is 4. The second-order valence-corrected chi connectivity index (χ2v) is 8.15. The molecule has 0 unspecified atom stereocenters. The van der Waals surface area contributed by atoms with Crippen LogP contribution in [0.5, 0.6) is 0 Å². The highest BCUT2D eigenvalue weighted by molar-refractivity contribution is 6.31. The van der Waals surface area contributed by atoms with E-state index in [2.05, 4.69) is 5.10 Å². The van der Waals surface area contributed by atoms with Gasteiger partial charge in [0.2, 0.25) is 0 Å². The van der Waals surface area contributed by atoms with Gasteiger partial charge in [0.25, 0.3) is 5.91 Å². The summed E-state index contributed by atoms with van der Waals surface area (Å²) in [6, 6.07) is 12.4. The van der Waals surface area contributed by atoms with E-state index in [1.54, 1.807) is 27.8 Å². The van der Waals surface area contributed by atoms with Crippen LogP contribution in [0.2, 0.25) is 5.02 Å². The van der Waals surface area contributed by atoms with Crippen LogP contribution in [0.25, 0.3) is 5.69 Å². The number of piperazine rings is 1. The first-order valence-corrected chi connectivity index (χ1v) is 10.6. The minimum Gasteiger partial charge on any atom is -0.368 e. The van der Waals surface area contributed by atoms with Crippen molar-refractivity contribution in [3.63, 3.8) is 0 Å². The quantitative estimate of drug-likeness (QED) is 0.542. The molecule has 0 N–H and O–H groups in total. The first-order valence-electron chi connectivity index (χ1n) is 10.2. The number of nitrogens with zero attached hydrogens (tertiary/aromatic N) is 4. The molecule has 3 aromatic rings. The standard InChI is InChI=1S/C23H22ClF3N4O/c1-15-21(24)16(2)31(28-15)19-8-6-17(7-9-19)22(32)30-12-10-29(11-13-30)20-5-3-4-18(14-20)23(25,26)27/h3-9,14H,10-13H2,1-2H3. The van der Waals surface area contributed by atoms with E-state index < -0.39 is 11.7 Å². The summed E-state index contributed by atoms with van der Waals surface area (Å²) < 4.78 is 40.7. The summed E-state index contributed by atoms with van der Waals surface area (Å²) in [5.74, 6) is -0.105. The average molecular weight is 463 g/mol. The van der Waals surface area contributed by atoms with Crippen LogP contribution in [-0.2, 0) is 6.18 Å². The Balaban J connectivity index is 1.42. The fourth-order valence-electron chi connectivity index (χ4n) is 3.85. The maximum atomic E-state index is 13.0. The SMILES string of the molecule is Cc1nn(-c2ccc(C(=O)N3CCN(c4cccc(C(F)(F)F)c4)CC3)cc2)c(C)c1Cl. The van der Waals surface area contributed by atoms with Crippen molar-refractivity contribution in [2.75, 3.05) is 31.1 Å². The molecular formula is C23H22ClF3N4O. The highest BCUT2D eigenvalue weighted by atomic mass is 35.5. The number of hydrogen-bond donors (Lipinski definition) is 0. The third-order valence-electron chi connectivity index (χ3n) is 5.67. The molecule has 1 fully saturated rings. The Kier molecular flexibility index (Phi) is 5.90. The van der Waals surface area contributed by atoms with Crippen molar-refractivity contribution in [1.29, 1.82) is 0 Å². The smallest absolute Gasteiger partial charge is 0.368 e. The Labute approximate surface area is 189 Å². The number of amides is 1. The topological polar surface area (TPSA) is 41.4 Å². The van der Waals surface area contributed by atoms with Crippen LogP contribution in [0, 0.1) is 13.8 Å². The van der Waals surface area contributed by atoms with Gasteiger partial charge in [0, 0.05) is 37.4 Å². The number of anilines is 1. The number of hydrogen-bond acceptors (Lipinski definition) is 3. The molecular weight excluding hydrogens is 441 g/mol. The normalized spacial score (nSPS) is 14.7. The molecule has 0 aliphatic carbocycles. The lowest BCUT2D eigenvalue weighted by Gasteiger charge is -2.36. The van der Waals surface area contributed by atoms with Crippen molar-refractivity contribution in [3.05, 3.63) is 76.1 Å². The Morgan fingerprint density at radius 2 is 1.62 bits per heavy atom. The molecule has 2 aromatic carbocycles. The molecule has 0 radical (unpaired) electrons. The van der Waals surface area contributed by atoms with Crippen molar-refractivity contribution in [3.8, 4) is 5.69 Å². The fourth-order valence-corrected chi connectivity index (χ4v) is 3.97. The molecule has 1 saturated heterocycles. The van der Waals surface area contributed by atoms with Gasteiger partial charge in [-0.05, 0) is 56.3 Å². The maximum absolute atomic E-state index is 13.0. The first-order chi connectivity index (χ1) is 15.1. The Bertz CT molecular complexity index is 1130. The maximum Gasteiger partial charge on any atom is 0.416 e. The van der Waals surface area contributed by atoms with Gasteiger partial charge in [-0.3, -0.25) is 4.79 Å². The summed E-state index contributed by atoms with van der Waals surface area (Å²) in [5.41, 5.74) is 2.77. The number of benzene rings is 2. The van der Waals surface area contributed by atoms with E-state index in [-0.39, 0.29) is 5.91 Å². The molecule has 9 heteroatoms. The second kappa shape index (κ2) is 8.50. The van der Waals surface area contributed by atoms with E-state index in [9.17, 15) is 18.0 Å². The molecule has 0 bridgehead atoms. The van der Waals surface area contributed by atoms with Gasteiger partial charge in [-0.2, -0.15) is 18.3 Å². The number of carbonyl (C=O) groups is 1. The zero-order valence-electron chi connectivity index (χ0n) is 17.7. The van der Waals surface area contributed by atoms with E-state index in [1.165, 1.54) is 6.07 Å². The first kappa shape index (κ1) is 22.2. The Hall–Kier alpha value is -3.00. The highest BCUT2D eigenvalue weighted by Crippen LogP contribution is 2.32. The molecule has 0 saturated carbocycles. The van der Waals surface area contributed by atoms with Crippen molar-refractivity contribution in [2.24, 2.45) is 0 Å². The van der Waals surface area contributed by atoms with E-state index >= 15 is 0 Å². The minimum atomic E-state index is -4.38. The summed E-state index contributed by atoms with van der Waals surface area (Å²) in [6.07, 6.45) is -4.38. The van der Waals surface area contributed by atoms with Crippen molar-refractivity contribution in [2.45, 2.75) is 20.0 Å². The number of aryl methyl sites for hydroxylation is 1. The Morgan fingerprint density at radius 1 is 0.969 bits per heavy atom. The van der Waals surface area contributed by atoms with Gasteiger partial charge in [0.15, 0.2) is 0 Å². The minimum absolute atomic E-state index is 0.105. The third kappa shape index (κ3) is 4.32. The molecule has 1 aromatic heterocycles. The van der Waals surface area contributed by atoms with Crippen LogP contribution >= 0.6 is 11.6 Å². The van der Waals surface area contributed by atoms with Crippen molar-refractivity contribution < 1.29 is 18.0 Å².